The van der Waals surface area contributed by atoms with E-state index in [2.05, 4.69) is 36.7 Å². The van der Waals surface area contributed by atoms with Crippen molar-refractivity contribution in [2.24, 2.45) is 0 Å². The van der Waals surface area contributed by atoms with Gasteiger partial charge in [0.05, 0.1) is 0 Å². The van der Waals surface area contributed by atoms with Crippen LogP contribution in [0.1, 0.15) is 24.1 Å². The predicted octanol–water partition coefficient (Wildman–Crippen LogP) is 2.57. The van der Waals surface area contributed by atoms with Gasteiger partial charge in [-0.05, 0) is 30.4 Å². The second-order valence-electron chi connectivity index (χ2n) is 3.14. The number of benzene rings is 1. The molecule has 1 nitrogen and oxygen atoms in total. The van der Waals surface area contributed by atoms with Crippen molar-refractivity contribution in [2.75, 3.05) is 6.26 Å². The lowest BCUT2D eigenvalue weighted by Crippen LogP contribution is -2.07. The van der Waals surface area contributed by atoms with E-state index in [-0.39, 0.29) is 0 Å². The van der Waals surface area contributed by atoms with Crippen molar-refractivity contribution in [3.63, 3.8) is 0 Å². The quantitative estimate of drug-likeness (QED) is 0.665. The van der Waals surface area contributed by atoms with Crippen LogP contribution in [0.2, 0.25) is 0 Å². The molecule has 2 heteroatoms. The Balaban J connectivity index is 2.53. The lowest BCUT2D eigenvalue weighted by molar-refractivity contribution is 0.628. The zero-order valence-electron chi connectivity index (χ0n) is 7.42. The Labute approximate surface area is 77.6 Å². The topological polar surface area (TPSA) is 12.0 Å². The first-order valence-corrected chi connectivity index (χ1v) is 5.44. The van der Waals surface area contributed by atoms with Crippen molar-refractivity contribution in [3.8, 4) is 0 Å². The minimum absolute atomic E-state index is 0.531. The molecule has 1 aromatic rings. The fourth-order valence-corrected chi connectivity index (χ4v) is 2.52. The van der Waals surface area contributed by atoms with Crippen LogP contribution in [0, 0.1) is 0 Å². The van der Waals surface area contributed by atoms with E-state index >= 15 is 0 Å². The standard InChI is InChI=1S/C10H13NS/c1-7-10-8(6-11-7)4-3-5-9(10)12-2/h3-5,7,11H,6H2,1-2H3/t7-/m0/s1. The Bertz CT molecular complexity index is 296. The maximum absolute atomic E-state index is 3.45. The lowest BCUT2D eigenvalue weighted by Gasteiger charge is -2.08. The van der Waals surface area contributed by atoms with Gasteiger partial charge < -0.3 is 5.32 Å². The third kappa shape index (κ3) is 1.15. The van der Waals surface area contributed by atoms with Gasteiger partial charge in [0.25, 0.3) is 0 Å². The van der Waals surface area contributed by atoms with Crippen molar-refractivity contribution in [1.29, 1.82) is 0 Å². The molecule has 1 aliphatic rings. The van der Waals surface area contributed by atoms with Gasteiger partial charge in [0, 0.05) is 17.5 Å². The third-order valence-electron chi connectivity index (χ3n) is 2.41. The van der Waals surface area contributed by atoms with Crippen LogP contribution in [0.15, 0.2) is 23.1 Å². The van der Waals surface area contributed by atoms with Crippen LogP contribution in [-0.2, 0) is 6.54 Å². The number of thioether (sulfide) groups is 1. The Kier molecular flexibility index (Phi) is 2.11. The van der Waals surface area contributed by atoms with E-state index < -0.39 is 0 Å². The highest BCUT2D eigenvalue weighted by atomic mass is 32.2. The zero-order chi connectivity index (χ0) is 8.55. The SMILES string of the molecule is CSc1cccc2c1[C@H](C)NC2. The highest BCUT2D eigenvalue weighted by Gasteiger charge is 2.19. The van der Waals surface area contributed by atoms with Gasteiger partial charge in [-0.3, -0.25) is 0 Å². The van der Waals surface area contributed by atoms with Gasteiger partial charge in [0.15, 0.2) is 0 Å². The Morgan fingerprint density at radius 1 is 1.50 bits per heavy atom. The molecule has 0 radical (unpaired) electrons. The molecule has 12 heavy (non-hydrogen) atoms. The highest BCUT2D eigenvalue weighted by Crippen LogP contribution is 2.32. The third-order valence-corrected chi connectivity index (χ3v) is 3.20. The Morgan fingerprint density at radius 2 is 2.33 bits per heavy atom. The van der Waals surface area contributed by atoms with E-state index in [0.717, 1.165) is 6.54 Å². The van der Waals surface area contributed by atoms with Crippen LogP contribution < -0.4 is 5.32 Å². The van der Waals surface area contributed by atoms with Crippen molar-refractivity contribution >= 4 is 11.8 Å². The number of hydrogen-bond acceptors (Lipinski definition) is 2. The maximum atomic E-state index is 3.45. The number of hydrogen-bond donors (Lipinski definition) is 1. The first-order chi connectivity index (χ1) is 5.83. The van der Waals surface area contributed by atoms with Crippen LogP contribution in [0.3, 0.4) is 0 Å². The van der Waals surface area contributed by atoms with Crippen molar-refractivity contribution in [1.82, 2.24) is 5.32 Å². The summed E-state index contributed by atoms with van der Waals surface area (Å²) in [6, 6.07) is 7.09. The Morgan fingerprint density at radius 3 is 3.08 bits per heavy atom. The molecule has 0 aromatic heterocycles. The largest absolute Gasteiger partial charge is 0.306 e. The van der Waals surface area contributed by atoms with Crippen LogP contribution in [0.25, 0.3) is 0 Å². The Hall–Kier alpha value is -0.470. The van der Waals surface area contributed by atoms with Gasteiger partial charge in [-0.15, -0.1) is 11.8 Å². The first kappa shape index (κ1) is 8.14. The fourth-order valence-electron chi connectivity index (χ4n) is 1.78. The fraction of sp³-hybridized carbons (Fsp3) is 0.400. The summed E-state index contributed by atoms with van der Waals surface area (Å²) in [6.45, 7) is 3.26. The minimum Gasteiger partial charge on any atom is -0.306 e. The molecule has 0 aliphatic carbocycles. The summed E-state index contributed by atoms with van der Waals surface area (Å²) in [7, 11) is 0. The summed E-state index contributed by atoms with van der Waals surface area (Å²) in [5, 5.41) is 3.45. The van der Waals surface area contributed by atoms with E-state index in [0.29, 0.717) is 6.04 Å². The van der Waals surface area contributed by atoms with Gasteiger partial charge >= 0.3 is 0 Å². The van der Waals surface area contributed by atoms with Gasteiger partial charge in [0.1, 0.15) is 0 Å². The molecule has 0 saturated heterocycles. The van der Waals surface area contributed by atoms with E-state index in [1.54, 1.807) is 0 Å². The van der Waals surface area contributed by atoms with Crippen LogP contribution >= 0.6 is 11.8 Å². The summed E-state index contributed by atoms with van der Waals surface area (Å²) < 4.78 is 0. The maximum Gasteiger partial charge on any atom is 0.0309 e. The van der Waals surface area contributed by atoms with Crippen molar-refractivity contribution in [3.05, 3.63) is 29.3 Å². The van der Waals surface area contributed by atoms with Gasteiger partial charge in [-0.2, -0.15) is 0 Å². The predicted molar refractivity (Wildman–Crippen MR) is 53.5 cm³/mol. The van der Waals surface area contributed by atoms with Crippen LogP contribution in [0.4, 0.5) is 0 Å². The van der Waals surface area contributed by atoms with Crippen LogP contribution in [-0.4, -0.2) is 6.26 Å². The number of nitrogens with one attached hydrogen (secondary N) is 1. The molecule has 0 unspecified atom stereocenters. The smallest absolute Gasteiger partial charge is 0.0309 e. The normalized spacial score (nSPS) is 21.0. The molecular weight excluding hydrogens is 166 g/mol. The monoisotopic (exact) mass is 179 g/mol. The molecule has 1 atom stereocenters. The van der Waals surface area contributed by atoms with Gasteiger partial charge in [-0.25, -0.2) is 0 Å². The molecule has 0 saturated carbocycles. The molecule has 1 heterocycles. The average molecular weight is 179 g/mol. The van der Waals surface area contributed by atoms with E-state index in [4.69, 9.17) is 0 Å². The molecule has 0 amide bonds. The summed E-state index contributed by atoms with van der Waals surface area (Å²) in [5.74, 6) is 0. The molecule has 0 bridgehead atoms. The lowest BCUT2D eigenvalue weighted by atomic mass is 10.1. The molecule has 2 rings (SSSR count). The summed E-state index contributed by atoms with van der Waals surface area (Å²) in [5.41, 5.74) is 2.97. The average Bonchev–Trinajstić information content (AvgIpc) is 2.48. The molecule has 0 fully saturated rings. The molecule has 1 N–H and O–H groups in total. The molecule has 64 valence electrons. The number of rotatable bonds is 1. The number of fused-ring (bicyclic) bond motifs is 1. The van der Waals surface area contributed by atoms with E-state index in [9.17, 15) is 0 Å². The van der Waals surface area contributed by atoms with Crippen LogP contribution in [0.5, 0.6) is 0 Å². The van der Waals surface area contributed by atoms with E-state index in [1.807, 2.05) is 11.8 Å². The molecular formula is C10H13NS. The second-order valence-corrected chi connectivity index (χ2v) is 3.98. The molecule has 1 aromatic carbocycles. The van der Waals surface area contributed by atoms with E-state index in [1.165, 1.54) is 16.0 Å². The van der Waals surface area contributed by atoms with Crippen molar-refractivity contribution < 1.29 is 0 Å². The van der Waals surface area contributed by atoms with Crippen molar-refractivity contribution in [2.45, 2.75) is 24.4 Å². The highest BCUT2D eigenvalue weighted by molar-refractivity contribution is 7.98. The molecule has 0 spiro atoms. The second kappa shape index (κ2) is 3.11. The summed E-state index contributed by atoms with van der Waals surface area (Å²) >= 11 is 1.84. The zero-order valence-corrected chi connectivity index (χ0v) is 8.24. The minimum atomic E-state index is 0.531. The van der Waals surface area contributed by atoms with Gasteiger partial charge in [-0.1, -0.05) is 12.1 Å². The summed E-state index contributed by atoms with van der Waals surface area (Å²) in [4.78, 5) is 1.42. The first-order valence-electron chi connectivity index (χ1n) is 4.22. The van der Waals surface area contributed by atoms with Gasteiger partial charge in [0.2, 0.25) is 0 Å². The summed E-state index contributed by atoms with van der Waals surface area (Å²) in [6.07, 6.45) is 2.14. The molecule has 1 aliphatic heterocycles.